The van der Waals surface area contributed by atoms with E-state index in [-0.39, 0.29) is 5.78 Å². The highest BCUT2D eigenvalue weighted by molar-refractivity contribution is 7.14. The van der Waals surface area contributed by atoms with Crippen LogP contribution < -0.4 is 9.47 Å². The van der Waals surface area contributed by atoms with Crippen LogP contribution >= 0.6 is 22.9 Å². The molecule has 0 aliphatic heterocycles. The van der Waals surface area contributed by atoms with Crippen molar-refractivity contribution in [2.75, 3.05) is 14.2 Å². The second kappa shape index (κ2) is 6.29. The Morgan fingerprint density at radius 2 is 1.95 bits per heavy atom. The standard InChI is InChI=1S/C15H15ClO3S/c1-4-9-5-8-12(20-9)14(17)10-6-7-11(18-2)13(16)15(10)19-3/h5-8H,4H2,1-3H3. The maximum absolute atomic E-state index is 12.5. The van der Waals surface area contributed by atoms with Crippen LogP contribution in [0.3, 0.4) is 0 Å². The van der Waals surface area contributed by atoms with E-state index in [1.165, 1.54) is 30.4 Å². The number of hydrogen-bond donors (Lipinski definition) is 0. The number of thiophene rings is 1. The van der Waals surface area contributed by atoms with E-state index in [1.807, 2.05) is 12.1 Å². The molecule has 0 saturated heterocycles. The summed E-state index contributed by atoms with van der Waals surface area (Å²) >= 11 is 7.67. The molecule has 0 N–H and O–H groups in total. The zero-order chi connectivity index (χ0) is 14.7. The normalized spacial score (nSPS) is 10.4. The van der Waals surface area contributed by atoms with Gasteiger partial charge in [-0.25, -0.2) is 0 Å². The van der Waals surface area contributed by atoms with Crippen LogP contribution in [0.2, 0.25) is 5.02 Å². The lowest BCUT2D eigenvalue weighted by molar-refractivity contribution is 0.103. The monoisotopic (exact) mass is 310 g/mol. The second-order valence-electron chi connectivity index (χ2n) is 4.11. The highest BCUT2D eigenvalue weighted by atomic mass is 35.5. The highest BCUT2D eigenvalue weighted by Gasteiger charge is 2.20. The van der Waals surface area contributed by atoms with Gasteiger partial charge in [-0.15, -0.1) is 11.3 Å². The number of ether oxygens (including phenoxy) is 2. The number of benzene rings is 1. The van der Waals surface area contributed by atoms with Gasteiger partial charge in [-0.3, -0.25) is 4.79 Å². The summed E-state index contributed by atoms with van der Waals surface area (Å²) in [5, 5.41) is 0.313. The van der Waals surface area contributed by atoms with Crippen LogP contribution in [0.5, 0.6) is 11.5 Å². The fraction of sp³-hybridized carbons (Fsp3) is 0.267. The summed E-state index contributed by atoms with van der Waals surface area (Å²) in [4.78, 5) is 14.4. The molecule has 2 aromatic rings. The molecule has 1 heterocycles. The number of halogens is 1. The summed E-state index contributed by atoms with van der Waals surface area (Å²) in [7, 11) is 3.01. The van der Waals surface area contributed by atoms with E-state index in [4.69, 9.17) is 21.1 Å². The Morgan fingerprint density at radius 3 is 2.50 bits per heavy atom. The Labute approximate surface area is 127 Å². The molecular formula is C15H15ClO3S. The highest BCUT2D eigenvalue weighted by Crippen LogP contribution is 2.38. The summed E-state index contributed by atoms with van der Waals surface area (Å²) in [5.74, 6) is 0.749. The first-order chi connectivity index (χ1) is 9.62. The van der Waals surface area contributed by atoms with Crippen molar-refractivity contribution >= 4 is 28.7 Å². The largest absolute Gasteiger partial charge is 0.495 e. The van der Waals surface area contributed by atoms with Crippen molar-refractivity contribution in [2.45, 2.75) is 13.3 Å². The molecule has 20 heavy (non-hydrogen) atoms. The fourth-order valence-electron chi connectivity index (χ4n) is 1.90. The summed E-state index contributed by atoms with van der Waals surface area (Å²) in [6.45, 7) is 2.06. The molecule has 0 fully saturated rings. The van der Waals surface area contributed by atoms with Gasteiger partial charge in [-0.2, -0.15) is 0 Å². The topological polar surface area (TPSA) is 35.5 Å². The van der Waals surface area contributed by atoms with Gasteiger partial charge in [0, 0.05) is 4.88 Å². The van der Waals surface area contributed by atoms with Gasteiger partial charge in [0.05, 0.1) is 24.7 Å². The lowest BCUT2D eigenvalue weighted by atomic mass is 10.1. The van der Waals surface area contributed by atoms with Gasteiger partial charge >= 0.3 is 0 Å². The van der Waals surface area contributed by atoms with Crippen molar-refractivity contribution in [2.24, 2.45) is 0 Å². The van der Waals surface area contributed by atoms with Crippen LogP contribution in [0, 0.1) is 0 Å². The lowest BCUT2D eigenvalue weighted by Gasteiger charge is -2.11. The number of ketones is 1. The zero-order valence-corrected chi connectivity index (χ0v) is 13.1. The second-order valence-corrected chi connectivity index (χ2v) is 5.66. The SMILES string of the molecule is CCc1ccc(C(=O)c2ccc(OC)c(Cl)c2OC)s1. The molecule has 0 aliphatic rings. The van der Waals surface area contributed by atoms with Crippen LogP contribution in [0.15, 0.2) is 24.3 Å². The van der Waals surface area contributed by atoms with Gasteiger partial charge in [0.1, 0.15) is 10.8 Å². The summed E-state index contributed by atoms with van der Waals surface area (Å²) in [6.07, 6.45) is 0.915. The number of carbonyl (C=O) groups is 1. The Balaban J connectivity index is 2.46. The number of methoxy groups -OCH3 is 2. The average molecular weight is 311 g/mol. The summed E-state index contributed by atoms with van der Waals surface area (Å²) in [5.41, 5.74) is 0.447. The molecule has 1 aromatic heterocycles. The Bertz CT molecular complexity index is 634. The number of rotatable bonds is 5. The minimum absolute atomic E-state index is 0.0869. The van der Waals surface area contributed by atoms with E-state index >= 15 is 0 Å². The van der Waals surface area contributed by atoms with Crippen LogP contribution in [-0.2, 0) is 6.42 Å². The summed E-state index contributed by atoms with van der Waals surface area (Å²) < 4.78 is 10.4. The van der Waals surface area contributed by atoms with Crippen molar-refractivity contribution in [3.05, 3.63) is 44.6 Å². The van der Waals surface area contributed by atoms with Crippen LogP contribution in [0.25, 0.3) is 0 Å². The Kier molecular flexibility index (Phi) is 4.68. The van der Waals surface area contributed by atoms with E-state index in [0.29, 0.717) is 27.0 Å². The molecule has 5 heteroatoms. The molecule has 0 amide bonds. The molecule has 0 aliphatic carbocycles. The maximum Gasteiger partial charge on any atom is 0.206 e. The molecule has 0 saturated carbocycles. The summed E-state index contributed by atoms with van der Waals surface area (Å²) in [6, 6.07) is 7.16. The van der Waals surface area contributed by atoms with E-state index in [1.54, 1.807) is 12.1 Å². The van der Waals surface area contributed by atoms with Crippen LogP contribution in [0.4, 0.5) is 0 Å². The molecule has 0 atom stereocenters. The van der Waals surface area contributed by atoms with Gasteiger partial charge in [0.2, 0.25) is 5.78 Å². The van der Waals surface area contributed by atoms with E-state index in [9.17, 15) is 4.79 Å². The van der Waals surface area contributed by atoms with Gasteiger partial charge in [-0.1, -0.05) is 18.5 Å². The Hall–Kier alpha value is -1.52. The van der Waals surface area contributed by atoms with Gasteiger partial charge in [0.15, 0.2) is 5.75 Å². The molecule has 0 bridgehead atoms. The molecule has 3 nitrogen and oxygen atoms in total. The van der Waals surface area contributed by atoms with Gasteiger partial charge in [0.25, 0.3) is 0 Å². The maximum atomic E-state index is 12.5. The first kappa shape index (κ1) is 14.9. The van der Waals surface area contributed by atoms with Crippen LogP contribution in [-0.4, -0.2) is 20.0 Å². The third kappa shape index (κ3) is 2.67. The molecule has 0 radical (unpaired) electrons. The third-order valence-electron chi connectivity index (χ3n) is 2.96. The predicted molar refractivity (Wildman–Crippen MR) is 81.7 cm³/mol. The Morgan fingerprint density at radius 1 is 1.20 bits per heavy atom. The number of carbonyl (C=O) groups excluding carboxylic acids is 1. The molecule has 0 unspecified atom stereocenters. The molecule has 106 valence electrons. The predicted octanol–water partition coefficient (Wildman–Crippen LogP) is 4.21. The average Bonchev–Trinajstić information content (AvgIpc) is 2.95. The number of hydrogen-bond acceptors (Lipinski definition) is 4. The van der Waals surface area contributed by atoms with Crippen molar-refractivity contribution in [3.63, 3.8) is 0 Å². The smallest absolute Gasteiger partial charge is 0.206 e. The first-order valence-corrected chi connectivity index (χ1v) is 7.35. The van der Waals surface area contributed by atoms with Gasteiger partial charge < -0.3 is 9.47 Å². The lowest BCUT2D eigenvalue weighted by Crippen LogP contribution is -2.03. The molecule has 0 spiro atoms. The minimum atomic E-state index is -0.0869. The van der Waals surface area contributed by atoms with E-state index in [0.717, 1.165) is 6.42 Å². The molecule has 1 aromatic carbocycles. The first-order valence-electron chi connectivity index (χ1n) is 6.16. The number of aryl methyl sites for hydroxylation is 1. The minimum Gasteiger partial charge on any atom is -0.495 e. The molecule has 2 rings (SSSR count). The third-order valence-corrected chi connectivity index (χ3v) is 4.55. The van der Waals surface area contributed by atoms with Crippen molar-refractivity contribution in [1.29, 1.82) is 0 Å². The van der Waals surface area contributed by atoms with Crippen LogP contribution in [0.1, 0.15) is 27.0 Å². The van der Waals surface area contributed by atoms with Crippen molar-refractivity contribution in [3.8, 4) is 11.5 Å². The van der Waals surface area contributed by atoms with Gasteiger partial charge in [-0.05, 0) is 30.7 Å². The van der Waals surface area contributed by atoms with E-state index in [2.05, 4.69) is 6.92 Å². The quantitative estimate of drug-likeness (QED) is 0.776. The van der Waals surface area contributed by atoms with Crippen molar-refractivity contribution in [1.82, 2.24) is 0 Å². The van der Waals surface area contributed by atoms with Crippen molar-refractivity contribution < 1.29 is 14.3 Å². The molecular weight excluding hydrogens is 296 g/mol. The van der Waals surface area contributed by atoms with E-state index < -0.39 is 0 Å². The fourth-order valence-corrected chi connectivity index (χ4v) is 3.12. The zero-order valence-electron chi connectivity index (χ0n) is 11.5.